The van der Waals surface area contributed by atoms with Crippen molar-refractivity contribution in [3.05, 3.63) is 71.3 Å². The van der Waals surface area contributed by atoms with Gasteiger partial charge in [0.05, 0.1) is 5.56 Å². The van der Waals surface area contributed by atoms with Crippen LogP contribution in [0.3, 0.4) is 0 Å². The molecule has 0 saturated carbocycles. The average Bonchev–Trinajstić information content (AvgIpc) is 2.52. The number of alkyl halides is 3. The number of hydrogen-bond acceptors (Lipinski definition) is 2. The Morgan fingerprint density at radius 2 is 1.64 bits per heavy atom. The molecule has 0 aromatic heterocycles. The van der Waals surface area contributed by atoms with Crippen molar-refractivity contribution in [1.82, 2.24) is 5.32 Å². The minimum atomic E-state index is -4.45. The summed E-state index contributed by atoms with van der Waals surface area (Å²) in [7, 11) is 0. The molecule has 1 atom stereocenters. The molecule has 2 aromatic rings. The molecule has 22 heavy (non-hydrogen) atoms. The van der Waals surface area contributed by atoms with Crippen molar-refractivity contribution >= 4 is 5.91 Å². The zero-order chi connectivity index (χ0) is 16.2. The van der Waals surface area contributed by atoms with Crippen LogP contribution in [0.15, 0.2) is 54.6 Å². The van der Waals surface area contributed by atoms with Gasteiger partial charge in [-0.25, -0.2) is 0 Å². The predicted molar refractivity (Wildman–Crippen MR) is 74.7 cm³/mol. The minimum absolute atomic E-state index is 0.110. The summed E-state index contributed by atoms with van der Waals surface area (Å²) < 4.78 is 37.3. The fourth-order valence-electron chi connectivity index (χ4n) is 1.89. The first-order chi connectivity index (χ1) is 10.4. The molecule has 0 aliphatic rings. The maximum atomic E-state index is 12.4. The van der Waals surface area contributed by atoms with Crippen LogP contribution in [-0.2, 0) is 17.5 Å². The van der Waals surface area contributed by atoms with E-state index in [0.29, 0.717) is 0 Å². The number of aliphatic hydroxyl groups is 1. The number of aliphatic hydroxyl groups excluding tert-OH is 1. The molecular formula is C16H14F3NO2. The Labute approximate surface area is 125 Å². The average molecular weight is 309 g/mol. The van der Waals surface area contributed by atoms with Gasteiger partial charge in [0.15, 0.2) is 6.10 Å². The Kier molecular flexibility index (Phi) is 4.82. The van der Waals surface area contributed by atoms with E-state index in [1.54, 1.807) is 0 Å². The van der Waals surface area contributed by atoms with Crippen molar-refractivity contribution in [2.45, 2.75) is 18.8 Å². The van der Waals surface area contributed by atoms with Crippen LogP contribution >= 0.6 is 0 Å². The Morgan fingerprint density at radius 3 is 2.18 bits per heavy atom. The quantitative estimate of drug-likeness (QED) is 0.912. The molecule has 0 aliphatic carbocycles. The predicted octanol–water partition coefficient (Wildman–Crippen LogP) is 3.06. The van der Waals surface area contributed by atoms with E-state index >= 15 is 0 Å². The van der Waals surface area contributed by atoms with Crippen LogP contribution in [0.4, 0.5) is 13.2 Å². The summed E-state index contributed by atoms with van der Waals surface area (Å²) in [5.41, 5.74) is 0.141. The molecule has 0 heterocycles. The molecule has 0 bridgehead atoms. The second kappa shape index (κ2) is 6.62. The molecule has 0 radical (unpaired) electrons. The number of benzene rings is 2. The van der Waals surface area contributed by atoms with Gasteiger partial charge in [0.1, 0.15) is 0 Å². The fraction of sp³-hybridized carbons (Fsp3) is 0.188. The van der Waals surface area contributed by atoms with Crippen molar-refractivity contribution in [2.24, 2.45) is 0 Å². The second-order valence-corrected chi connectivity index (χ2v) is 4.73. The van der Waals surface area contributed by atoms with E-state index in [0.717, 1.165) is 29.8 Å². The van der Waals surface area contributed by atoms with Gasteiger partial charge in [0.2, 0.25) is 0 Å². The number of carbonyl (C=O) groups excluding carboxylic acids is 1. The molecule has 2 rings (SSSR count). The summed E-state index contributed by atoms with van der Waals surface area (Å²) in [6, 6.07) is 12.9. The van der Waals surface area contributed by atoms with E-state index in [2.05, 4.69) is 5.32 Å². The van der Waals surface area contributed by atoms with E-state index in [-0.39, 0.29) is 12.1 Å². The van der Waals surface area contributed by atoms with Crippen LogP contribution < -0.4 is 5.32 Å². The Morgan fingerprint density at radius 1 is 1.05 bits per heavy atom. The highest BCUT2D eigenvalue weighted by molar-refractivity contribution is 5.81. The molecule has 6 heteroatoms. The van der Waals surface area contributed by atoms with Crippen LogP contribution in [0.5, 0.6) is 0 Å². The van der Waals surface area contributed by atoms with Gasteiger partial charge in [0.25, 0.3) is 5.91 Å². The van der Waals surface area contributed by atoms with Gasteiger partial charge < -0.3 is 10.4 Å². The smallest absolute Gasteiger partial charge is 0.378 e. The number of carbonyl (C=O) groups is 1. The van der Waals surface area contributed by atoms with Gasteiger partial charge in [0, 0.05) is 6.54 Å². The lowest BCUT2D eigenvalue weighted by Gasteiger charge is -2.13. The van der Waals surface area contributed by atoms with Gasteiger partial charge in [-0.2, -0.15) is 13.2 Å². The topological polar surface area (TPSA) is 49.3 Å². The molecule has 0 spiro atoms. The van der Waals surface area contributed by atoms with E-state index in [9.17, 15) is 23.1 Å². The molecule has 1 amide bonds. The highest BCUT2D eigenvalue weighted by atomic mass is 19.4. The molecule has 1 unspecified atom stereocenters. The van der Waals surface area contributed by atoms with Gasteiger partial charge in [-0.3, -0.25) is 4.79 Å². The van der Waals surface area contributed by atoms with Crippen LogP contribution in [0.25, 0.3) is 0 Å². The lowest BCUT2D eigenvalue weighted by molar-refractivity contribution is -0.137. The highest BCUT2D eigenvalue weighted by Crippen LogP contribution is 2.29. The summed E-state index contributed by atoms with van der Waals surface area (Å²) in [5, 5.41) is 12.4. The number of rotatable bonds is 4. The summed E-state index contributed by atoms with van der Waals surface area (Å²) in [5.74, 6) is -0.663. The Hall–Kier alpha value is -2.34. The number of amides is 1. The lowest BCUT2D eigenvalue weighted by atomic mass is 10.1. The number of halogens is 3. The van der Waals surface area contributed by atoms with Crippen molar-refractivity contribution in [2.75, 3.05) is 0 Å². The third-order valence-electron chi connectivity index (χ3n) is 3.11. The minimum Gasteiger partial charge on any atom is -0.378 e. The van der Waals surface area contributed by atoms with E-state index < -0.39 is 23.8 Å². The zero-order valence-electron chi connectivity index (χ0n) is 11.5. The standard InChI is InChI=1S/C16H14F3NO2/c17-16(18,19)13-8-6-12(7-9-13)14(21)15(22)20-10-11-4-2-1-3-5-11/h1-9,14,21H,10H2,(H,20,22). The van der Waals surface area contributed by atoms with Crippen LogP contribution in [0, 0.1) is 0 Å². The molecule has 2 aromatic carbocycles. The summed E-state index contributed by atoms with van der Waals surface area (Å²) >= 11 is 0. The largest absolute Gasteiger partial charge is 0.416 e. The number of hydrogen-bond donors (Lipinski definition) is 2. The highest BCUT2D eigenvalue weighted by Gasteiger charge is 2.30. The first kappa shape index (κ1) is 16.0. The Balaban J connectivity index is 1.98. The van der Waals surface area contributed by atoms with Gasteiger partial charge >= 0.3 is 6.18 Å². The third-order valence-corrected chi connectivity index (χ3v) is 3.11. The summed E-state index contributed by atoms with van der Waals surface area (Å²) in [6.45, 7) is 0.234. The monoisotopic (exact) mass is 309 g/mol. The first-order valence-corrected chi connectivity index (χ1v) is 6.55. The lowest BCUT2D eigenvalue weighted by Crippen LogP contribution is -2.28. The first-order valence-electron chi connectivity index (χ1n) is 6.55. The fourth-order valence-corrected chi connectivity index (χ4v) is 1.89. The van der Waals surface area contributed by atoms with Crippen molar-refractivity contribution in [3.8, 4) is 0 Å². The summed E-state index contributed by atoms with van der Waals surface area (Å²) in [6.07, 6.45) is -5.95. The number of nitrogens with one attached hydrogen (secondary N) is 1. The Bertz CT molecular complexity index is 624. The maximum Gasteiger partial charge on any atom is 0.416 e. The van der Waals surface area contributed by atoms with E-state index in [4.69, 9.17) is 0 Å². The maximum absolute atomic E-state index is 12.4. The third kappa shape index (κ3) is 4.08. The van der Waals surface area contributed by atoms with E-state index in [1.165, 1.54) is 0 Å². The normalized spacial score (nSPS) is 12.7. The molecule has 0 aliphatic heterocycles. The van der Waals surface area contributed by atoms with E-state index in [1.807, 2.05) is 30.3 Å². The summed E-state index contributed by atoms with van der Waals surface area (Å²) in [4.78, 5) is 11.8. The molecule has 2 N–H and O–H groups in total. The van der Waals surface area contributed by atoms with Crippen molar-refractivity contribution in [1.29, 1.82) is 0 Å². The van der Waals surface area contributed by atoms with Gasteiger partial charge in [-0.15, -0.1) is 0 Å². The van der Waals surface area contributed by atoms with Crippen molar-refractivity contribution < 1.29 is 23.1 Å². The van der Waals surface area contributed by atoms with Gasteiger partial charge in [-0.05, 0) is 23.3 Å². The SMILES string of the molecule is O=C(NCc1ccccc1)C(O)c1ccc(C(F)(F)F)cc1. The zero-order valence-corrected chi connectivity index (χ0v) is 11.5. The van der Waals surface area contributed by atoms with Crippen LogP contribution in [-0.4, -0.2) is 11.0 Å². The van der Waals surface area contributed by atoms with Crippen LogP contribution in [0.1, 0.15) is 22.8 Å². The molecular weight excluding hydrogens is 295 g/mol. The van der Waals surface area contributed by atoms with Gasteiger partial charge in [-0.1, -0.05) is 42.5 Å². The second-order valence-electron chi connectivity index (χ2n) is 4.73. The molecule has 3 nitrogen and oxygen atoms in total. The molecule has 116 valence electrons. The van der Waals surface area contributed by atoms with Crippen LogP contribution in [0.2, 0.25) is 0 Å². The van der Waals surface area contributed by atoms with Crippen molar-refractivity contribution in [3.63, 3.8) is 0 Å². The molecule has 0 saturated heterocycles. The molecule has 0 fully saturated rings.